The lowest BCUT2D eigenvalue weighted by atomic mass is 9.99. The molecule has 1 aromatic heterocycles. The SMILES string of the molecule is CCc1nn(C)cc1CN1CCN(C)CC1C(C)C. The standard InChI is InChI=1S/C15H28N4/c1-6-14-13(9-18(5)16-14)10-19-8-7-17(4)11-15(19)12(2)3/h9,12,15H,6-8,10-11H2,1-5H3. The lowest BCUT2D eigenvalue weighted by molar-refractivity contribution is 0.0569. The number of piperazine rings is 1. The molecular formula is C15H28N4. The molecule has 108 valence electrons. The summed E-state index contributed by atoms with van der Waals surface area (Å²) in [6, 6.07) is 0.656. The van der Waals surface area contributed by atoms with Crippen LogP contribution in [0.3, 0.4) is 0 Å². The maximum Gasteiger partial charge on any atom is 0.0666 e. The summed E-state index contributed by atoms with van der Waals surface area (Å²) in [5, 5.41) is 4.56. The highest BCUT2D eigenvalue weighted by Crippen LogP contribution is 2.20. The van der Waals surface area contributed by atoms with Crippen LogP contribution in [0.2, 0.25) is 0 Å². The quantitative estimate of drug-likeness (QED) is 0.828. The third-order valence-corrected chi connectivity index (χ3v) is 4.21. The van der Waals surface area contributed by atoms with Gasteiger partial charge in [-0.3, -0.25) is 9.58 Å². The molecule has 0 N–H and O–H groups in total. The first kappa shape index (κ1) is 14.5. The predicted molar refractivity (Wildman–Crippen MR) is 79.1 cm³/mol. The van der Waals surface area contributed by atoms with E-state index < -0.39 is 0 Å². The van der Waals surface area contributed by atoms with Gasteiger partial charge in [0.15, 0.2) is 0 Å². The Morgan fingerprint density at radius 3 is 2.68 bits per heavy atom. The molecule has 1 aromatic rings. The molecule has 2 heterocycles. The summed E-state index contributed by atoms with van der Waals surface area (Å²) in [6.07, 6.45) is 3.21. The van der Waals surface area contributed by atoms with Crippen molar-refractivity contribution >= 4 is 0 Å². The number of rotatable bonds is 4. The molecule has 0 aliphatic carbocycles. The summed E-state index contributed by atoms with van der Waals surface area (Å²) in [6.45, 7) is 11.4. The largest absolute Gasteiger partial charge is 0.304 e. The summed E-state index contributed by atoms with van der Waals surface area (Å²) >= 11 is 0. The maximum atomic E-state index is 4.56. The lowest BCUT2D eigenvalue weighted by Gasteiger charge is -2.42. The monoisotopic (exact) mass is 264 g/mol. The zero-order valence-corrected chi connectivity index (χ0v) is 13.1. The van der Waals surface area contributed by atoms with Crippen LogP contribution in [-0.4, -0.2) is 52.3 Å². The summed E-state index contributed by atoms with van der Waals surface area (Å²) in [7, 11) is 4.25. The van der Waals surface area contributed by atoms with Crippen LogP contribution in [0.5, 0.6) is 0 Å². The third kappa shape index (κ3) is 3.37. The van der Waals surface area contributed by atoms with Crippen molar-refractivity contribution < 1.29 is 0 Å². The first-order chi connectivity index (χ1) is 9.01. The number of likely N-dealkylation sites (N-methyl/N-ethyl adjacent to an activating group) is 1. The van der Waals surface area contributed by atoms with E-state index in [1.807, 2.05) is 11.7 Å². The molecule has 1 atom stereocenters. The Labute approximate surface area is 117 Å². The Bertz CT molecular complexity index is 410. The molecule has 4 heteroatoms. The fourth-order valence-electron chi connectivity index (χ4n) is 3.05. The van der Waals surface area contributed by atoms with Gasteiger partial charge >= 0.3 is 0 Å². The van der Waals surface area contributed by atoms with Crippen LogP contribution in [0.4, 0.5) is 0 Å². The Kier molecular flexibility index (Phi) is 4.63. The highest BCUT2D eigenvalue weighted by molar-refractivity contribution is 5.17. The van der Waals surface area contributed by atoms with Crippen molar-refractivity contribution in [2.75, 3.05) is 26.7 Å². The molecule has 0 aromatic carbocycles. The summed E-state index contributed by atoms with van der Waals surface area (Å²) < 4.78 is 1.95. The van der Waals surface area contributed by atoms with Crippen LogP contribution in [0, 0.1) is 5.92 Å². The Morgan fingerprint density at radius 2 is 2.05 bits per heavy atom. The normalized spacial score (nSPS) is 22.3. The van der Waals surface area contributed by atoms with Gasteiger partial charge in [0.1, 0.15) is 0 Å². The smallest absolute Gasteiger partial charge is 0.0666 e. The van der Waals surface area contributed by atoms with Gasteiger partial charge in [-0.2, -0.15) is 5.10 Å². The van der Waals surface area contributed by atoms with Crippen molar-refractivity contribution in [2.24, 2.45) is 13.0 Å². The van der Waals surface area contributed by atoms with E-state index in [4.69, 9.17) is 0 Å². The second-order valence-corrected chi connectivity index (χ2v) is 6.17. The Morgan fingerprint density at radius 1 is 1.32 bits per heavy atom. The van der Waals surface area contributed by atoms with Crippen LogP contribution in [-0.2, 0) is 20.0 Å². The van der Waals surface area contributed by atoms with Gasteiger partial charge in [-0.25, -0.2) is 0 Å². The van der Waals surface area contributed by atoms with Crippen LogP contribution in [0.15, 0.2) is 6.20 Å². The summed E-state index contributed by atoms with van der Waals surface area (Å²) in [5.41, 5.74) is 2.66. The molecule has 1 aliphatic heterocycles. The van der Waals surface area contributed by atoms with Crippen LogP contribution in [0.1, 0.15) is 32.0 Å². The molecule has 0 amide bonds. The molecule has 2 rings (SSSR count). The van der Waals surface area contributed by atoms with Crippen molar-refractivity contribution in [1.29, 1.82) is 0 Å². The Hall–Kier alpha value is -0.870. The minimum Gasteiger partial charge on any atom is -0.304 e. The van der Waals surface area contributed by atoms with E-state index in [0.717, 1.165) is 19.5 Å². The van der Waals surface area contributed by atoms with Gasteiger partial charge in [-0.1, -0.05) is 20.8 Å². The van der Waals surface area contributed by atoms with Crippen molar-refractivity contribution in [3.05, 3.63) is 17.5 Å². The van der Waals surface area contributed by atoms with E-state index in [-0.39, 0.29) is 0 Å². The molecule has 0 saturated carbocycles. The van der Waals surface area contributed by atoms with Crippen molar-refractivity contribution in [2.45, 2.75) is 39.8 Å². The van der Waals surface area contributed by atoms with E-state index in [0.29, 0.717) is 12.0 Å². The minimum absolute atomic E-state index is 0.656. The van der Waals surface area contributed by atoms with Crippen LogP contribution < -0.4 is 0 Å². The predicted octanol–water partition coefficient (Wildman–Crippen LogP) is 1.75. The van der Waals surface area contributed by atoms with Crippen molar-refractivity contribution in [1.82, 2.24) is 19.6 Å². The second kappa shape index (κ2) is 6.06. The number of nitrogens with zero attached hydrogens (tertiary/aromatic N) is 4. The van der Waals surface area contributed by atoms with Crippen molar-refractivity contribution in [3.63, 3.8) is 0 Å². The van der Waals surface area contributed by atoms with Crippen LogP contribution >= 0.6 is 0 Å². The van der Waals surface area contributed by atoms with E-state index in [2.05, 4.69) is 48.9 Å². The van der Waals surface area contributed by atoms with E-state index >= 15 is 0 Å². The number of hydrogen-bond donors (Lipinski definition) is 0. The van der Waals surface area contributed by atoms with Gasteiger partial charge in [0.25, 0.3) is 0 Å². The highest BCUT2D eigenvalue weighted by atomic mass is 15.3. The molecule has 1 unspecified atom stereocenters. The zero-order chi connectivity index (χ0) is 14.0. The van der Waals surface area contributed by atoms with Gasteiger partial charge in [-0.15, -0.1) is 0 Å². The van der Waals surface area contributed by atoms with E-state index in [1.54, 1.807) is 0 Å². The van der Waals surface area contributed by atoms with Crippen molar-refractivity contribution in [3.8, 4) is 0 Å². The van der Waals surface area contributed by atoms with Gasteiger partial charge in [0, 0.05) is 51.0 Å². The first-order valence-electron chi connectivity index (χ1n) is 7.45. The minimum atomic E-state index is 0.656. The van der Waals surface area contributed by atoms with Gasteiger partial charge in [0.2, 0.25) is 0 Å². The average molecular weight is 264 g/mol. The zero-order valence-electron chi connectivity index (χ0n) is 13.1. The average Bonchev–Trinajstić information content (AvgIpc) is 2.71. The molecule has 4 nitrogen and oxygen atoms in total. The Balaban J connectivity index is 2.11. The van der Waals surface area contributed by atoms with Gasteiger partial charge < -0.3 is 4.90 Å². The van der Waals surface area contributed by atoms with E-state index in [9.17, 15) is 0 Å². The topological polar surface area (TPSA) is 24.3 Å². The molecule has 1 aliphatic rings. The fourth-order valence-corrected chi connectivity index (χ4v) is 3.05. The van der Waals surface area contributed by atoms with Gasteiger partial charge in [-0.05, 0) is 19.4 Å². The molecule has 1 fully saturated rings. The third-order valence-electron chi connectivity index (χ3n) is 4.21. The number of aryl methyl sites for hydroxylation is 2. The van der Waals surface area contributed by atoms with E-state index in [1.165, 1.54) is 24.3 Å². The fraction of sp³-hybridized carbons (Fsp3) is 0.800. The lowest BCUT2D eigenvalue weighted by Crippen LogP contribution is -2.53. The maximum absolute atomic E-state index is 4.56. The summed E-state index contributed by atoms with van der Waals surface area (Å²) in [5.74, 6) is 0.699. The first-order valence-corrected chi connectivity index (χ1v) is 7.45. The molecule has 0 radical (unpaired) electrons. The van der Waals surface area contributed by atoms with Crippen LogP contribution in [0.25, 0.3) is 0 Å². The summed E-state index contributed by atoms with van der Waals surface area (Å²) in [4.78, 5) is 5.09. The second-order valence-electron chi connectivity index (χ2n) is 6.17. The molecule has 0 spiro atoms. The number of aromatic nitrogens is 2. The molecule has 0 bridgehead atoms. The highest BCUT2D eigenvalue weighted by Gasteiger charge is 2.28. The van der Waals surface area contributed by atoms with Gasteiger partial charge in [0.05, 0.1) is 5.69 Å². The molecule has 19 heavy (non-hydrogen) atoms. The molecule has 1 saturated heterocycles. The number of hydrogen-bond acceptors (Lipinski definition) is 3. The molecular weight excluding hydrogens is 236 g/mol.